The maximum atomic E-state index is 11.9. The van der Waals surface area contributed by atoms with E-state index in [1.165, 1.54) is 18.2 Å². The van der Waals surface area contributed by atoms with E-state index >= 15 is 0 Å². The van der Waals surface area contributed by atoms with Crippen molar-refractivity contribution in [2.75, 3.05) is 0 Å². The first-order chi connectivity index (χ1) is 8.53. The van der Waals surface area contributed by atoms with E-state index in [2.05, 4.69) is 15.9 Å². The van der Waals surface area contributed by atoms with Crippen LogP contribution in [0.25, 0.3) is 0 Å². The minimum absolute atomic E-state index is 0.0320. The van der Waals surface area contributed by atoms with Crippen molar-refractivity contribution in [3.05, 3.63) is 45.7 Å². The lowest BCUT2D eigenvalue weighted by atomic mass is 10.2. The largest absolute Gasteiger partial charge is 0.377 e. The van der Waals surface area contributed by atoms with E-state index in [1.54, 1.807) is 18.2 Å². The van der Waals surface area contributed by atoms with Crippen LogP contribution in [0.3, 0.4) is 0 Å². The number of halogens is 1. The number of nitrogens with zero attached hydrogens (tertiary/aromatic N) is 1. The van der Waals surface area contributed by atoms with Crippen LogP contribution in [0.1, 0.15) is 5.56 Å². The zero-order valence-corrected chi connectivity index (χ0v) is 12.0. The van der Waals surface area contributed by atoms with Gasteiger partial charge in [-0.3, -0.25) is 0 Å². The Kier molecular flexibility index (Phi) is 3.71. The molecular formula is C11H6BrNO3S2. The third-order valence-electron chi connectivity index (χ3n) is 2.00. The molecule has 4 nitrogen and oxygen atoms in total. The summed E-state index contributed by atoms with van der Waals surface area (Å²) >= 11 is 4.23. The first-order valence-corrected chi connectivity index (χ1v) is 7.73. The topological polar surface area (TPSA) is 67.2 Å². The van der Waals surface area contributed by atoms with Gasteiger partial charge in [0.2, 0.25) is 0 Å². The minimum Gasteiger partial charge on any atom is -0.377 e. The van der Waals surface area contributed by atoms with Crippen LogP contribution in [0.2, 0.25) is 0 Å². The lowest BCUT2D eigenvalue weighted by molar-refractivity contribution is 0.487. The summed E-state index contributed by atoms with van der Waals surface area (Å²) < 4.78 is 29.6. The predicted molar refractivity (Wildman–Crippen MR) is 71.0 cm³/mol. The van der Waals surface area contributed by atoms with Crippen LogP contribution < -0.4 is 4.18 Å². The van der Waals surface area contributed by atoms with Gasteiger partial charge < -0.3 is 4.18 Å². The standard InChI is InChI=1S/C11H6BrNO3S2/c12-10-5-6-11(17-10)18(14,15)16-9-4-2-1-3-8(9)7-13/h1-6H. The Bertz CT molecular complexity index is 716. The van der Waals surface area contributed by atoms with Crippen LogP contribution >= 0.6 is 27.3 Å². The summed E-state index contributed by atoms with van der Waals surface area (Å²) in [6, 6.07) is 11.1. The summed E-state index contributed by atoms with van der Waals surface area (Å²) in [6.45, 7) is 0. The van der Waals surface area contributed by atoms with E-state index in [9.17, 15) is 8.42 Å². The highest BCUT2D eigenvalue weighted by Crippen LogP contribution is 2.29. The fourth-order valence-corrected chi connectivity index (χ4v) is 4.14. The second kappa shape index (κ2) is 5.10. The molecule has 0 unspecified atom stereocenters. The van der Waals surface area contributed by atoms with E-state index in [0.717, 1.165) is 11.3 Å². The van der Waals surface area contributed by atoms with Crippen molar-refractivity contribution in [2.45, 2.75) is 4.21 Å². The first kappa shape index (κ1) is 13.1. The summed E-state index contributed by atoms with van der Waals surface area (Å²) in [5.74, 6) is 0.0320. The van der Waals surface area contributed by atoms with Crippen molar-refractivity contribution in [3.63, 3.8) is 0 Å². The van der Waals surface area contributed by atoms with Gasteiger partial charge in [0.05, 0.1) is 9.35 Å². The van der Waals surface area contributed by atoms with Crippen molar-refractivity contribution < 1.29 is 12.6 Å². The van der Waals surface area contributed by atoms with Crippen molar-refractivity contribution >= 4 is 37.4 Å². The fraction of sp³-hybridized carbons (Fsp3) is 0. The number of hydrogen-bond acceptors (Lipinski definition) is 5. The van der Waals surface area contributed by atoms with E-state index in [0.29, 0.717) is 3.79 Å². The molecule has 1 aromatic heterocycles. The van der Waals surface area contributed by atoms with Crippen LogP contribution in [-0.2, 0) is 10.1 Å². The second-order valence-corrected chi connectivity index (χ2v) is 7.44. The van der Waals surface area contributed by atoms with Crippen molar-refractivity contribution in [2.24, 2.45) is 0 Å². The number of para-hydroxylation sites is 1. The zero-order chi connectivity index (χ0) is 13.2. The third kappa shape index (κ3) is 2.72. The molecule has 0 atom stereocenters. The molecule has 18 heavy (non-hydrogen) atoms. The second-order valence-electron chi connectivity index (χ2n) is 3.20. The smallest absolute Gasteiger partial charge is 0.348 e. The number of benzene rings is 1. The molecule has 0 radical (unpaired) electrons. The molecule has 0 aliphatic carbocycles. The highest BCUT2D eigenvalue weighted by molar-refractivity contribution is 9.11. The normalized spacial score (nSPS) is 10.9. The highest BCUT2D eigenvalue weighted by atomic mass is 79.9. The molecule has 0 N–H and O–H groups in total. The maximum absolute atomic E-state index is 11.9. The number of thiophene rings is 1. The molecule has 0 saturated heterocycles. The molecule has 0 amide bonds. The quantitative estimate of drug-likeness (QED) is 0.802. The molecule has 1 heterocycles. The fourth-order valence-electron chi connectivity index (χ4n) is 1.22. The molecule has 1 aromatic carbocycles. The highest BCUT2D eigenvalue weighted by Gasteiger charge is 2.20. The Morgan fingerprint density at radius 2 is 1.94 bits per heavy atom. The number of nitriles is 1. The summed E-state index contributed by atoms with van der Waals surface area (Å²) in [4.78, 5) is 0. The summed E-state index contributed by atoms with van der Waals surface area (Å²) in [7, 11) is -3.89. The maximum Gasteiger partial charge on any atom is 0.348 e. The molecule has 92 valence electrons. The molecule has 0 spiro atoms. The van der Waals surface area contributed by atoms with Crippen LogP contribution in [0.4, 0.5) is 0 Å². The number of hydrogen-bond donors (Lipinski definition) is 0. The van der Waals surface area contributed by atoms with Crippen LogP contribution in [0.5, 0.6) is 5.75 Å². The van der Waals surface area contributed by atoms with Gasteiger partial charge in [-0.05, 0) is 40.2 Å². The van der Waals surface area contributed by atoms with Gasteiger partial charge in [0.15, 0.2) is 9.96 Å². The zero-order valence-electron chi connectivity index (χ0n) is 8.83. The number of rotatable bonds is 3. The molecule has 0 bridgehead atoms. The first-order valence-electron chi connectivity index (χ1n) is 4.72. The predicted octanol–water partition coefficient (Wildman–Crippen LogP) is 3.15. The van der Waals surface area contributed by atoms with Crippen molar-refractivity contribution in [1.29, 1.82) is 5.26 Å². The summed E-state index contributed by atoms with van der Waals surface area (Å²) in [5, 5.41) is 8.86. The van der Waals surface area contributed by atoms with E-state index in [-0.39, 0.29) is 15.5 Å². The van der Waals surface area contributed by atoms with Gasteiger partial charge in [0.1, 0.15) is 6.07 Å². The van der Waals surface area contributed by atoms with E-state index in [4.69, 9.17) is 9.44 Å². The monoisotopic (exact) mass is 343 g/mol. The molecule has 0 aliphatic rings. The van der Waals surface area contributed by atoms with Crippen LogP contribution in [0.15, 0.2) is 44.4 Å². The van der Waals surface area contributed by atoms with Gasteiger partial charge in [-0.25, -0.2) is 0 Å². The van der Waals surface area contributed by atoms with Crippen LogP contribution in [-0.4, -0.2) is 8.42 Å². The molecule has 0 saturated carbocycles. The summed E-state index contributed by atoms with van der Waals surface area (Å²) in [5.41, 5.74) is 0.177. The Hall–Kier alpha value is -1.36. The Morgan fingerprint density at radius 3 is 2.56 bits per heavy atom. The van der Waals surface area contributed by atoms with E-state index < -0.39 is 10.1 Å². The SMILES string of the molecule is N#Cc1ccccc1OS(=O)(=O)c1ccc(Br)s1. The molecule has 7 heteroatoms. The molecule has 0 fully saturated rings. The Labute approximate surface area is 117 Å². The van der Waals surface area contributed by atoms with Gasteiger partial charge >= 0.3 is 10.1 Å². The lowest BCUT2D eigenvalue weighted by Crippen LogP contribution is -2.08. The Morgan fingerprint density at radius 1 is 1.22 bits per heavy atom. The minimum atomic E-state index is -3.89. The summed E-state index contributed by atoms with van der Waals surface area (Å²) in [6.07, 6.45) is 0. The van der Waals surface area contributed by atoms with Gasteiger partial charge in [-0.1, -0.05) is 12.1 Å². The van der Waals surface area contributed by atoms with Gasteiger partial charge in [-0.2, -0.15) is 13.7 Å². The van der Waals surface area contributed by atoms with Crippen molar-refractivity contribution in [3.8, 4) is 11.8 Å². The van der Waals surface area contributed by atoms with Gasteiger partial charge in [0, 0.05) is 0 Å². The van der Waals surface area contributed by atoms with E-state index in [1.807, 2.05) is 6.07 Å². The van der Waals surface area contributed by atoms with Gasteiger partial charge in [-0.15, -0.1) is 11.3 Å². The Balaban J connectivity index is 2.37. The molecule has 2 aromatic rings. The van der Waals surface area contributed by atoms with Crippen LogP contribution in [0, 0.1) is 11.3 Å². The third-order valence-corrected chi connectivity index (χ3v) is 5.31. The lowest BCUT2D eigenvalue weighted by Gasteiger charge is -2.05. The average molecular weight is 344 g/mol. The van der Waals surface area contributed by atoms with Gasteiger partial charge in [0.25, 0.3) is 0 Å². The molecular weight excluding hydrogens is 338 g/mol. The molecule has 2 rings (SSSR count). The molecule has 0 aliphatic heterocycles. The van der Waals surface area contributed by atoms with Crippen molar-refractivity contribution in [1.82, 2.24) is 0 Å². The average Bonchev–Trinajstić information content (AvgIpc) is 2.77.